The van der Waals surface area contributed by atoms with Crippen molar-refractivity contribution in [2.45, 2.75) is 19.4 Å². The van der Waals surface area contributed by atoms with Crippen molar-refractivity contribution >= 4 is 11.6 Å². The molecule has 0 saturated carbocycles. The molecule has 0 aliphatic carbocycles. The molecule has 1 aromatic heterocycles. The SMILES string of the molecule is OCCn1cnc(CCc2ccc(Cl)cc2)n1. The first-order valence-electron chi connectivity index (χ1n) is 5.51. The summed E-state index contributed by atoms with van der Waals surface area (Å²) in [5, 5.41) is 13.8. The minimum atomic E-state index is 0.0833. The highest BCUT2D eigenvalue weighted by Crippen LogP contribution is 2.11. The number of aryl methyl sites for hydroxylation is 2. The Hall–Kier alpha value is -1.39. The second-order valence-electron chi connectivity index (χ2n) is 3.77. The van der Waals surface area contributed by atoms with Gasteiger partial charge in [0.1, 0.15) is 6.33 Å². The molecule has 1 aromatic carbocycles. The molecule has 1 N–H and O–H groups in total. The quantitative estimate of drug-likeness (QED) is 0.880. The van der Waals surface area contributed by atoms with E-state index >= 15 is 0 Å². The zero-order valence-electron chi connectivity index (χ0n) is 9.38. The zero-order chi connectivity index (χ0) is 12.1. The molecule has 17 heavy (non-hydrogen) atoms. The summed E-state index contributed by atoms with van der Waals surface area (Å²) in [6.45, 7) is 0.577. The molecule has 90 valence electrons. The number of aliphatic hydroxyl groups is 1. The van der Waals surface area contributed by atoms with Gasteiger partial charge in [-0.1, -0.05) is 23.7 Å². The van der Waals surface area contributed by atoms with Gasteiger partial charge in [0.15, 0.2) is 5.82 Å². The van der Waals surface area contributed by atoms with Crippen molar-refractivity contribution in [3.05, 3.63) is 47.0 Å². The van der Waals surface area contributed by atoms with Gasteiger partial charge in [0.2, 0.25) is 0 Å². The summed E-state index contributed by atoms with van der Waals surface area (Å²) in [6, 6.07) is 7.78. The number of aromatic nitrogens is 3. The molecule has 0 atom stereocenters. The Bertz CT molecular complexity index is 467. The Kier molecular flexibility index (Phi) is 4.12. The summed E-state index contributed by atoms with van der Waals surface area (Å²) >= 11 is 5.82. The number of rotatable bonds is 5. The summed E-state index contributed by atoms with van der Waals surface area (Å²) < 4.78 is 1.65. The number of halogens is 1. The maximum atomic E-state index is 8.76. The van der Waals surface area contributed by atoms with Crippen molar-refractivity contribution in [1.82, 2.24) is 14.8 Å². The molecule has 2 rings (SSSR count). The van der Waals surface area contributed by atoms with E-state index in [0.717, 1.165) is 23.7 Å². The molecular weight excluding hydrogens is 238 g/mol. The van der Waals surface area contributed by atoms with E-state index in [9.17, 15) is 0 Å². The van der Waals surface area contributed by atoms with Gasteiger partial charge in [0.05, 0.1) is 13.2 Å². The highest BCUT2D eigenvalue weighted by Gasteiger charge is 2.01. The van der Waals surface area contributed by atoms with Gasteiger partial charge >= 0.3 is 0 Å². The molecule has 1 heterocycles. The Morgan fingerprint density at radius 2 is 1.94 bits per heavy atom. The number of benzene rings is 1. The van der Waals surface area contributed by atoms with Crippen molar-refractivity contribution in [2.75, 3.05) is 6.61 Å². The fourth-order valence-corrected chi connectivity index (χ4v) is 1.69. The topological polar surface area (TPSA) is 50.9 Å². The number of hydrogen-bond acceptors (Lipinski definition) is 3. The van der Waals surface area contributed by atoms with Gasteiger partial charge in [-0.05, 0) is 24.1 Å². The second-order valence-corrected chi connectivity index (χ2v) is 4.21. The molecule has 0 amide bonds. The van der Waals surface area contributed by atoms with Crippen LogP contribution in [0.5, 0.6) is 0 Å². The predicted octanol–water partition coefficient (Wildman–Crippen LogP) is 1.71. The van der Waals surface area contributed by atoms with E-state index in [2.05, 4.69) is 10.1 Å². The standard InChI is InChI=1S/C12H14ClN3O/c13-11-4-1-10(2-5-11)3-6-12-14-9-16(15-12)7-8-17/h1-2,4-5,9,17H,3,6-8H2. The van der Waals surface area contributed by atoms with Crippen LogP contribution in [-0.4, -0.2) is 26.5 Å². The zero-order valence-corrected chi connectivity index (χ0v) is 10.1. The van der Waals surface area contributed by atoms with Crippen LogP contribution in [0, 0.1) is 0 Å². The molecule has 5 heteroatoms. The van der Waals surface area contributed by atoms with Crippen LogP contribution < -0.4 is 0 Å². The Morgan fingerprint density at radius 1 is 1.18 bits per heavy atom. The average molecular weight is 252 g/mol. The number of hydrogen-bond donors (Lipinski definition) is 1. The monoisotopic (exact) mass is 251 g/mol. The van der Waals surface area contributed by atoms with Gasteiger partial charge in [-0.2, -0.15) is 5.10 Å². The van der Waals surface area contributed by atoms with Crippen LogP contribution in [0.25, 0.3) is 0 Å². The summed E-state index contributed by atoms with van der Waals surface area (Å²) in [7, 11) is 0. The minimum absolute atomic E-state index is 0.0833. The molecular formula is C12H14ClN3O. The first-order chi connectivity index (χ1) is 8.28. The predicted molar refractivity (Wildman–Crippen MR) is 66.0 cm³/mol. The number of aliphatic hydroxyl groups excluding tert-OH is 1. The lowest BCUT2D eigenvalue weighted by atomic mass is 10.1. The van der Waals surface area contributed by atoms with Gasteiger partial charge in [0.25, 0.3) is 0 Å². The molecule has 0 spiro atoms. The lowest BCUT2D eigenvalue weighted by Crippen LogP contribution is -2.03. The summed E-state index contributed by atoms with van der Waals surface area (Å²) in [5.41, 5.74) is 1.22. The second kappa shape index (κ2) is 5.80. The molecule has 0 aliphatic rings. The molecule has 0 aliphatic heterocycles. The minimum Gasteiger partial charge on any atom is -0.394 e. The van der Waals surface area contributed by atoms with Crippen molar-refractivity contribution in [2.24, 2.45) is 0 Å². The summed E-state index contributed by atoms with van der Waals surface area (Å²) in [6.07, 6.45) is 3.33. The fraction of sp³-hybridized carbons (Fsp3) is 0.333. The van der Waals surface area contributed by atoms with E-state index in [1.54, 1.807) is 11.0 Å². The van der Waals surface area contributed by atoms with E-state index in [1.165, 1.54) is 5.56 Å². The van der Waals surface area contributed by atoms with Crippen LogP contribution in [-0.2, 0) is 19.4 Å². The molecule has 0 saturated heterocycles. The van der Waals surface area contributed by atoms with Crippen LogP contribution in [0.4, 0.5) is 0 Å². The molecule has 2 aromatic rings. The summed E-state index contributed by atoms with van der Waals surface area (Å²) in [4.78, 5) is 4.18. The first-order valence-corrected chi connectivity index (χ1v) is 5.89. The summed E-state index contributed by atoms with van der Waals surface area (Å²) in [5.74, 6) is 0.799. The van der Waals surface area contributed by atoms with Crippen LogP contribution in [0.3, 0.4) is 0 Å². The average Bonchev–Trinajstić information content (AvgIpc) is 2.77. The van der Waals surface area contributed by atoms with Gasteiger partial charge in [-0.15, -0.1) is 0 Å². The van der Waals surface area contributed by atoms with Gasteiger partial charge in [-0.3, -0.25) is 4.68 Å². The largest absolute Gasteiger partial charge is 0.394 e. The van der Waals surface area contributed by atoms with E-state index in [-0.39, 0.29) is 6.61 Å². The highest BCUT2D eigenvalue weighted by atomic mass is 35.5. The van der Waals surface area contributed by atoms with Crippen LogP contribution in [0.2, 0.25) is 5.02 Å². The first kappa shape index (κ1) is 12.1. The van der Waals surface area contributed by atoms with Crippen LogP contribution >= 0.6 is 11.6 Å². The van der Waals surface area contributed by atoms with Crippen molar-refractivity contribution in [1.29, 1.82) is 0 Å². The maximum Gasteiger partial charge on any atom is 0.150 e. The lowest BCUT2D eigenvalue weighted by molar-refractivity contribution is 0.269. The van der Waals surface area contributed by atoms with Gasteiger partial charge in [-0.25, -0.2) is 4.98 Å². The van der Waals surface area contributed by atoms with Crippen LogP contribution in [0.1, 0.15) is 11.4 Å². The van der Waals surface area contributed by atoms with Crippen molar-refractivity contribution in [3.8, 4) is 0 Å². The van der Waals surface area contributed by atoms with E-state index < -0.39 is 0 Å². The molecule has 0 radical (unpaired) electrons. The third-order valence-electron chi connectivity index (χ3n) is 2.46. The lowest BCUT2D eigenvalue weighted by Gasteiger charge is -1.99. The normalized spacial score (nSPS) is 10.7. The molecule has 0 unspecified atom stereocenters. The Labute approximate surface area is 105 Å². The van der Waals surface area contributed by atoms with E-state index in [4.69, 9.17) is 16.7 Å². The molecule has 4 nitrogen and oxygen atoms in total. The van der Waals surface area contributed by atoms with Crippen molar-refractivity contribution in [3.63, 3.8) is 0 Å². The maximum absolute atomic E-state index is 8.76. The Balaban J connectivity index is 1.90. The number of nitrogens with zero attached hydrogens (tertiary/aromatic N) is 3. The third kappa shape index (κ3) is 3.54. The van der Waals surface area contributed by atoms with Gasteiger partial charge < -0.3 is 5.11 Å². The highest BCUT2D eigenvalue weighted by molar-refractivity contribution is 6.30. The van der Waals surface area contributed by atoms with Gasteiger partial charge in [0, 0.05) is 11.4 Å². The van der Waals surface area contributed by atoms with Crippen molar-refractivity contribution < 1.29 is 5.11 Å². The molecule has 0 bridgehead atoms. The van der Waals surface area contributed by atoms with E-state index in [1.807, 2.05) is 24.3 Å². The molecule has 0 fully saturated rings. The third-order valence-corrected chi connectivity index (χ3v) is 2.72. The van der Waals surface area contributed by atoms with Crippen LogP contribution in [0.15, 0.2) is 30.6 Å². The van der Waals surface area contributed by atoms with E-state index in [0.29, 0.717) is 6.54 Å². The smallest absolute Gasteiger partial charge is 0.150 e. The Morgan fingerprint density at radius 3 is 2.65 bits per heavy atom. The fourth-order valence-electron chi connectivity index (χ4n) is 1.57.